The van der Waals surface area contributed by atoms with E-state index in [0.717, 1.165) is 22.4 Å². The number of pyridine rings is 1. The van der Waals surface area contributed by atoms with Crippen molar-refractivity contribution in [2.24, 2.45) is 0 Å². The second-order valence-electron chi connectivity index (χ2n) is 5.10. The molecule has 0 bridgehead atoms. The standard InChI is InChI=1S/C18H16N2O2S2/c21-24(22,12-9-15-5-2-1-3-6-15)20-13-16-7-4-10-19-18(16)17-8-11-23-14-17/h1-12,14,20H,13H2. The Morgan fingerprint density at radius 2 is 1.92 bits per heavy atom. The third-order valence-electron chi connectivity index (χ3n) is 3.39. The van der Waals surface area contributed by atoms with Gasteiger partial charge in [0.1, 0.15) is 0 Å². The van der Waals surface area contributed by atoms with Gasteiger partial charge in [-0.3, -0.25) is 4.98 Å². The van der Waals surface area contributed by atoms with Crippen LogP contribution in [0.15, 0.2) is 70.9 Å². The van der Waals surface area contributed by atoms with E-state index in [1.807, 2.05) is 53.2 Å². The molecule has 2 aromatic heterocycles. The van der Waals surface area contributed by atoms with Gasteiger partial charge in [-0.05, 0) is 34.7 Å². The summed E-state index contributed by atoms with van der Waals surface area (Å²) in [5.74, 6) is 0. The molecule has 2 heterocycles. The maximum absolute atomic E-state index is 12.2. The molecule has 1 aromatic carbocycles. The monoisotopic (exact) mass is 356 g/mol. The Morgan fingerprint density at radius 1 is 1.08 bits per heavy atom. The highest BCUT2D eigenvalue weighted by Gasteiger charge is 2.10. The minimum atomic E-state index is -3.52. The predicted octanol–water partition coefficient (Wildman–Crippen LogP) is 3.90. The normalized spacial score (nSPS) is 11.8. The van der Waals surface area contributed by atoms with E-state index in [9.17, 15) is 8.42 Å². The number of aromatic nitrogens is 1. The Hall–Kier alpha value is -2.28. The van der Waals surface area contributed by atoms with Crippen LogP contribution in [0.4, 0.5) is 0 Å². The zero-order valence-electron chi connectivity index (χ0n) is 12.8. The molecule has 0 spiro atoms. The van der Waals surface area contributed by atoms with E-state index < -0.39 is 10.0 Å². The smallest absolute Gasteiger partial charge is 0.234 e. The number of sulfonamides is 1. The molecule has 4 nitrogen and oxygen atoms in total. The first kappa shape index (κ1) is 16.6. The molecule has 0 saturated heterocycles. The second kappa shape index (κ2) is 7.53. The summed E-state index contributed by atoms with van der Waals surface area (Å²) in [6.45, 7) is 0.195. The van der Waals surface area contributed by atoms with Crippen LogP contribution in [-0.2, 0) is 16.6 Å². The van der Waals surface area contributed by atoms with Gasteiger partial charge in [-0.2, -0.15) is 11.3 Å². The van der Waals surface area contributed by atoms with Crippen molar-refractivity contribution in [2.75, 3.05) is 0 Å². The van der Waals surface area contributed by atoms with Gasteiger partial charge in [-0.15, -0.1) is 0 Å². The average Bonchev–Trinajstić information content (AvgIpc) is 3.14. The molecule has 0 fully saturated rings. The number of thiophene rings is 1. The van der Waals surface area contributed by atoms with E-state index >= 15 is 0 Å². The number of hydrogen-bond donors (Lipinski definition) is 1. The van der Waals surface area contributed by atoms with E-state index in [2.05, 4.69) is 9.71 Å². The third kappa shape index (κ3) is 4.38. The summed E-state index contributed by atoms with van der Waals surface area (Å²) in [5.41, 5.74) is 3.47. The molecule has 24 heavy (non-hydrogen) atoms. The molecule has 0 amide bonds. The Morgan fingerprint density at radius 3 is 2.67 bits per heavy atom. The molecule has 0 aliphatic heterocycles. The van der Waals surface area contributed by atoms with Crippen molar-refractivity contribution >= 4 is 27.4 Å². The van der Waals surface area contributed by atoms with Crippen LogP contribution in [0, 0.1) is 0 Å². The molecule has 0 radical (unpaired) electrons. The number of nitrogens with zero attached hydrogens (tertiary/aromatic N) is 1. The van der Waals surface area contributed by atoms with Crippen molar-refractivity contribution in [3.05, 3.63) is 82.0 Å². The van der Waals surface area contributed by atoms with Crippen molar-refractivity contribution in [1.82, 2.24) is 9.71 Å². The summed E-state index contributed by atoms with van der Waals surface area (Å²) < 4.78 is 26.9. The molecule has 0 aliphatic carbocycles. The molecular weight excluding hydrogens is 340 g/mol. The molecule has 0 unspecified atom stereocenters. The van der Waals surface area contributed by atoms with Crippen LogP contribution in [0.25, 0.3) is 17.3 Å². The van der Waals surface area contributed by atoms with Gasteiger partial charge in [0.2, 0.25) is 10.0 Å². The third-order valence-corrected chi connectivity index (χ3v) is 5.11. The van der Waals surface area contributed by atoms with E-state index in [1.165, 1.54) is 5.41 Å². The van der Waals surface area contributed by atoms with Crippen LogP contribution in [0.5, 0.6) is 0 Å². The van der Waals surface area contributed by atoms with Crippen molar-refractivity contribution in [3.63, 3.8) is 0 Å². The number of rotatable bonds is 6. The minimum Gasteiger partial charge on any atom is -0.256 e. The van der Waals surface area contributed by atoms with E-state index in [1.54, 1.807) is 29.7 Å². The summed E-state index contributed by atoms with van der Waals surface area (Å²) in [6.07, 6.45) is 3.28. The fraction of sp³-hybridized carbons (Fsp3) is 0.0556. The Labute approximate surface area is 145 Å². The zero-order valence-corrected chi connectivity index (χ0v) is 14.4. The first-order valence-electron chi connectivity index (χ1n) is 7.33. The summed E-state index contributed by atoms with van der Waals surface area (Å²) >= 11 is 1.58. The fourth-order valence-electron chi connectivity index (χ4n) is 2.20. The van der Waals surface area contributed by atoms with E-state index in [4.69, 9.17) is 0 Å². The predicted molar refractivity (Wildman–Crippen MR) is 98.8 cm³/mol. The zero-order chi connectivity index (χ0) is 16.8. The topological polar surface area (TPSA) is 59.1 Å². The van der Waals surface area contributed by atoms with Crippen LogP contribution >= 0.6 is 11.3 Å². The minimum absolute atomic E-state index is 0.195. The van der Waals surface area contributed by atoms with Crippen LogP contribution in [0.3, 0.4) is 0 Å². The molecule has 0 saturated carbocycles. The summed E-state index contributed by atoms with van der Waals surface area (Å²) in [4.78, 5) is 4.37. The summed E-state index contributed by atoms with van der Waals surface area (Å²) in [7, 11) is -3.52. The average molecular weight is 356 g/mol. The van der Waals surface area contributed by atoms with Crippen LogP contribution < -0.4 is 4.72 Å². The van der Waals surface area contributed by atoms with Crippen molar-refractivity contribution < 1.29 is 8.42 Å². The van der Waals surface area contributed by atoms with Crippen LogP contribution in [-0.4, -0.2) is 13.4 Å². The highest BCUT2D eigenvalue weighted by Crippen LogP contribution is 2.23. The van der Waals surface area contributed by atoms with Gasteiger partial charge in [0, 0.05) is 29.1 Å². The van der Waals surface area contributed by atoms with Crippen molar-refractivity contribution in [3.8, 4) is 11.3 Å². The van der Waals surface area contributed by atoms with E-state index in [-0.39, 0.29) is 6.54 Å². The van der Waals surface area contributed by atoms with Crippen LogP contribution in [0.1, 0.15) is 11.1 Å². The van der Waals surface area contributed by atoms with Gasteiger partial charge in [0.15, 0.2) is 0 Å². The van der Waals surface area contributed by atoms with Crippen LogP contribution in [0.2, 0.25) is 0 Å². The Balaban J connectivity index is 1.73. The van der Waals surface area contributed by atoms with E-state index in [0.29, 0.717) is 0 Å². The molecular formula is C18H16N2O2S2. The lowest BCUT2D eigenvalue weighted by atomic mass is 10.1. The second-order valence-corrected chi connectivity index (χ2v) is 7.53. The lowest BCUT2D eigenvalue weighted by Crippen LogP contribution is -2.21. The highest BCUT2D eigenvalue weighted by molar-refractivity contribution is 7.92. The van der Waals surface area contributed by atoms with Gasteiger partial charge < -0.3 is 0 Å². The molecule has 3 aromatic rings. The molecule has 122 valence electrons. The lowest BCUT2D eigenvalue weighted by molar-refractivity contribution is 0.591. The number of nitrogens with one attached hydrogen (secondary N) is 1. The maximum Gasteiger partial charge on any atom is 0.234 e. The molecule has 0 atom stereocenters. The van der Waals surface area contributed by atoms with Gasteiger partial charge in [0.05, 0.1) is 5.69 Å². The number of hydrogen-bond acceptors (Lipinski definition) is 4. The van der Waals surface area contributed by atoms with Gasteiger partial charge in [0.25, 0.3) is 0 Å². The molecule has 6 heteroatoms. The first-order chi connectivity index (χ1) is 11.6. The summed E-state index contributed by atoms with van der Waals surface area (Å²) in [5, 5.41) is 5.15. The van der Waals surface area contributed by atoms with Gasteiger partial charge >= 0.3 is 0 Å². The Kier molecular flexibility index (Phi) is 5.20. The quantitative estimate of drug-likeness (QED) is 0.729. The van der Waals surface area contributed by atoms with Gasteiger partial charge in [-0.1, -0.05) is 36.4 Å². The maximum atomic E-state index is 12.2. The molecule has 1 N–H and O–H groups in total. The van der Waals surface area contributed by atoms with Crippen molar-refractivity contribution in [2.45, 2.75) is 6.54 Å². The van der Waals surface area contributed by atoms with Crippen molar-refractivity contribution in [1.29, 1.82) is 0 Å². The highest BCUT2D eigenvalue weighted by atomic mass is 32.2. The molecule has 0 aliphatic rings. The molecule has 3 rings (SSSR count). The van der Waals surface area contributed by atoms with Gasteiger partial charge in [-0.25, -0.2) is 13.1 Å². The largest absolute Gasteiger partial charge is 0.256 e. The first-order valence-corrected chi connectivity index (χ1v) is 9.82. The Bertz CT molecular complexity index is 919. The number of benzene rings is 1. The fourth-order valence-corrected chi connectivity index (χ4v) is 3.63. The lowest BCUT2D eigenvalue weighted by Gasteiger charge is -2.07. The summed E-state index contributed by atoms with van der Waals surface area (Å²) in [6, 6.07) is 15.0. The SMILES string of the molecule is O=S(=O)(C=Cc1ccccc1)NCc1cccnc1-c1ccsc1.